The fraction of sp³-hybridized carbons (Fsp3) is 0.667. The highest BCUT2D eigenvalue weighted by molar-refractivity contribution is 5.66. The molecule has 0 aromatic carbocycles. The van der Waals surface area contributed by atoms with Crippen LogP contribution in [0.25, 0.3) is 0 Å². The minimum Gasteiger partial charge on any atom is -0.454 e. The van der Waals surface area contributed by atoms with Crippen molar-refractivity contribution in [2.45, 2.75) is 52.4 Å². The Morgan fingerprint density at radius 3 is 2.57 bits per heavy atom. The molecule has 0 bridgehead atoms. The highest BCUT2D eigenvalue weighted by Crippen LogP contribution is 2.05. The van der Waals surface area contributed by atoms with Crippen LogP contribution in [0, 0.1) is 6.61 Å². The molecule has 0 unspecified atom stereocenters. The molecule has 0 heterocycles. The largest absolute Gasteiger partial charge is 0.454 e. The van der Waals surface area contributed by atoms with Crippen molar-refractivity contribution in [3.63, 3.8) is 0 Å². The lowest BCUT2D eigenvalue weighted by Crippen LogP contribution is -1.92. The number of allylic oxidation sites excluding steroid dienone is 1. The Labute approximate surface area is 87.3 Å². The van der Waals surface area contributed by atoms with E-state index in [1.165, 1.54) is 45.6 Å². The molecule has 0 saturated carbocycles. The molecule has 0 rings (SSSR count). The van der Waals surface area contributed by atoms with Crippen molar-refractivity contribution < 1.29 is 9.53 Å². The lowest BCUT2D eigenvalue weighted by Gasteiger charge is -1.96. The summed E-state index contributed by atoms with van der Waals surface area (Å²) in [6.07, 6.45) is 11.4. The zero-order valence-electron chi connectivity index (χ0n) is 9.29. The summed E-state index contributed by atoms with van der Waals surface area (Å²) in [4.78, 5) is 10.4. The van der Waals surface area contributed by atoms with E-state index in [2.05, 4.69) is 11.7 Å². The number of carbonyl (C=O) groups is 1. The number of esters is 1. The van der Waals surface area contributed by atoms with Crippen LogP contribution in [0.4, 0.5) is 0 Å². The van der Waals surface area contributed by atoms with Gasteiger partial charge in [0.1, 0.15) is 0 Å². The maximum Gasteiger partial charge on any atom is 0.303 e. The molecule has 0 spiro atoms. The smallest absolute Gasteiger partial charge is 0.303 e. The van der Waals surface area contributed by atoms with Gasteiger partial charge in [0.15, 0.2) is 6.61 Å². The highest BCUT2D eigenvalue weighted by atomic mass is 16.5. The standard InChI is InChI=1S/C12H21O2/c1-3-4-5-6-7-8-9-10-11-14-12(2)13/h9-11H,3-8H2,1-2H3. The summed E-state index contributed by atoms with van der Waals surface area (Å²) in [6.45, 7) is 5.05. The molecule has 0 amide bonds. The average molecular weight is 197 g/mol. The summed E-state index contributed by atoms with van der Waals surface area (Å²) >= 11 is 0. The average Bonchev–Trinajstić information content (AvgIpc) is 2.15. The van der Waals surface area contributed by atoms with Crippen molar-refractivity contribution >= 4 is 5.97 Å². The zero-order valence-corrected chi connectivity index (χ0v) is 9.29. The van der Waals surface area contributed by atoms with Crippen molar-refractivity contribution in [3.05, 3.63) is 18.8 Å². The Kier molecular flexibility index (Phi) is 9.71. The third-order valence-corrected chi connectivity index (χ3v) is 1.92. The molecular weight excluding hydrogens is 176 g/mol. The van der Waals surface area contributed by atoms with Gasteiger partial charge in [-0.05, 0) is 18.9 Å². The number of hydrogen-bond donors (Lipinski definition) is 0. The summed E-state index contributed by atoms with van der Waals surface area (Å²) in [6, 6.07) is 0. The van der Waals surface area contributed by atoms with Crippen molar-refractivity contribution in [1.29, 1.82) is 0 Å². The van der Waals surface area contributed by atoms with Gasteiger partial charge in [-0.2, -0.15) is 0 Å². The van der Waals surface area contributed by atoms with Gasteiger partial charge in [-0.15, -0.1) is 0 Å². The van der Waals surface area contributed by atoms with Crippen LogP contribution in [0.5, 0.6) is 0 Å². The van der Waals surface area contributed by atoms with Crippen molar-refractivity contribution in [2.75, 3.05) is 0 Å². The van der Waals surface area contributed by atoms with Gasteiger partial charge in [0.25, 0.3) is 0 Å². The van der Waals surface area contributed by atoms with Crippen LogP contribution < -0.4 is 0 Å². The number of hydrogen-bond acceptors (Lipinski definition) is 2. The fourth-order valence-corrected chi connectivity index (χ4v) is 1.15. The summed E-state index contributed by atoms with van der Waals surface area (Å²) in [5.74, 6) is -0.266. The van der Waals surface area contributed by atoms with E-state index in [1.807, 2.05) is 6.08 Å². The number of carbonyl (C=O) groups excluding carboxylic acids is 1. The molecule has 0 aliphatic carbocycles. The van der Waals surface area contributed by atoms with Gasteiger partial charge >= 0.3 is 5.97 Å². The molecular formula is C12H21O2. The molecule has 0 fully saturated rings. The van der Waals surface area contributed by atoms with E-state index in [4.69, 9.17) is 0 Å². The Bertz CT molecular complexity index is 162. The van der Waals surface area contributed by atoms with E-state index >= 15 is 0 Å². The number of unbranched alkanes of at least 4 members (excludes halogenated alkanes) is 5. The van der Waals surface area contributed by atoms with Gasteiger partial charge in [0, 0.05) is 6.92 Å². The first-order chi connectivity index (χ1) is 6.77. The van der Waals surface area contributed by atoms with Crippen LogP contribution in [0.1, 0.15) is 52.4 Å². The summed E-state index contributed by atoms with van der Waals surface area (Å²) < 4.78 is 4.64. The minimum atomic E-state index is -0.266. The van der Waals surface area contributed by atoms with Gasteiger partial charge in [0.2, 0.25) is 0 Å². The van der Waals surface area contributed by atoms with Crippen molar-refractivity contribution in [1.82, 2.24) is 0 Å². The third-order valence-electron chi connectivity index (χ3n) is 1.92. The van der Waals surface area contributed by atoms with E-state index in [-0.39, 0.29) is 5.97 Å². The summed E-state index contributed by atoms with van der Waals surface area (Å²) in [7, 11) is 0. The predicted octanol–water partition coefficient (Wildman–Crippen LogP) is 3.63. The van der Waals surface area contributed by atoms with Gasteiger partial charge in [-0.3, -0.25) is 4.79 Å². The lowest BCUT2D eigenvalue weighted by atomic mass is 10.1. The predicted molar refractivity (Wildman–Crippen MR) is 58.6 cm³/mol. The first kappa shape index (κ1) is 13.2. The van der Waals surface area contributed by atoms with E-state index in [1.54, 1.807) is 6.08 Å². The first-order valence-electron chi connectivity index (χ1n) is 5.43. The molecule has 81 valence electrons. The summed E-state index contributed by atoms with van der Waals surface area (Å²) in [5.41, 5.74) is 0. The molecule has 0 atom stereocenters. The van der Waals surface area contributed by atoms with Crippen molar-refractivity contribution in [3.8, 4) is 0 Å². The second-order valence-electron chi connectivity index (χ2n) is 3.38. The number of rotatable bonds is 8. The monoisotopic (exact) mass is 197 g/mol. The molecule has 0 aliphatic heterocycles. The van der Waals surface area contributed by atoms with Crippen LogP contribution in [-0.4, -0.2) is 5.97 Å². The highest BCUT2D eigenvalue weighted by Gasteiger charge is 1.88. The Hall–Kier alpha value is -0.790. The molecule has 0 aliphatic rings. The first-order valence-corrected chi connectivity index (χ1v) is 5.43. The molecule has 1 radical (unpaired) electrons. The van der Waals surface area contributed by atoms with Crippen molar-refractivity contribution in [2.24, 2.45) is 0 Å². The van der Waals surface area contributed by atoms with Gasteiger partial charge in [-0.25, -0.2) is 0 Å². The molecule has 2 heteroatoms. The third kappa shape index (κ3) is 11.2. The Morgan fingerprint density at radius 1 is 1.21 bits per heavy atom. The quantitative estimate of drug-likeness (QED) is 0.439. The molecule has 0 aromatic heterocycles. The van der Waals surface area contributed by atoms with E-state index < -0.39 is 0 Å². The maximum absolute atomic E-state index is 10.4. The molecule has 0 saturated heterocycles. The SMILES string of the molecule is CCCCCCCC=C[CH]OC(C)=O. The maximum atomic E-state index is 10.4. The molecule has 0 aromatic rings. The molecule has 2 nitrogen and oxygen atoms in total. The topological polar surface area (TPSA) is 26.3 Å². The van der Waals surface area contributed by atoms with Crippen LogP contribution >= 0.6 is 0 Å². The lowest BCUT2D eigenvalue weighted by molar-refractivity contribution is -0.136. The second kappa shape index (κ2) is 10.3. The van der Waals surface area contributed by atoms with Crippen LogP contribution in [0.3, 0.4) is 0 Å². The normalized spacial score (nSPS) is 10.7. The number of ether oxygens (including phenoxy) is 1. The molecule has 0 N–H and O–H groups in total. The Morgan fingerprint density at radius 2 is 1.93 bits per heavy atom. The van der Waals surface area contributed by atoms with E-state index in [0.717, 1.165) is 6.42 Å². The van der Waals surface area contributed by atoms with Crippen LogP contribution in [0.15, 0.2) is 12.2 Å². The zero-order chi connectivity index (χ0) is 10.6. The van der Waals surface area contributed by atoms with Crippen LogP contribution in [-0.2, 0) is 9.53 Å². The minimum absolute atomic E-state index is 0.266. The Balaban J connectivity index is 3.07. The fourth-order valence-electron chi connectivity index (χ4n) is 1.15. The van der Waals surface area contributed by atoms with Crippen LogP contribution in [0.2, 0.25) is 0 Å². The molecule has 14 heavy (non-hydrogen) atoms. The summed E-state index contributed by atoms with van der Waals surface area (Å²) in [5, 5.41) is 0. The van der Waals surface area contributed by atoms with Gasteiger partial charge < -0.3 is 4.74 Å². The van der Waals surface area contributed by atoms with Gasteiger partial charge in [0.05, 0.1) is 0 Å². The van der Waals surface area contributed by atoms with E-state index in [0.29, 0.717) is 0 Å². The second-order valence-corrected chi connectivity index (χ2v) is 3.38. The van der Waals surface area contributed by atoms with E-state index in [9.17, 15) is 4.79 Å². The van der Waals surface area contributed by atoms with Gasteiger partial charge in [-0.1, -0.05) is 38.7 Å².